The topological polar surface area (TPSA) is 55.5 Å². The van der Waals surface area contributed by atoms with E-state index in [0.29, 0.717) is 23.0 Å². The van der Waals surface area contributed by atoms with Gasteiger partial charge in [0.25, 0.3) is 0 Å². The van der Waals surface area contributed by atoms with Gasteiger partial charge in [0.05, 0.1) is 0 Å². The summed E-state index contributed by atoms with van der Waals surface area (Å²) in [5.41, 5.74) is 4.80. The number of nitrogens with two attached hydrogens (primary N) is 1. The molecule has 0 saturated heterocycles. The molecule has 0 aliphatic heterocycles. The number of carbonyl (C=O) groups is 1. The fraction of sp³-hybridized carbons (Fsp3) is 0.273. The molecule has 154 valence electrons. The molecule has 1 unspecified atom stereocenters. The second-order valence-electron chi connectivity index (χ2n) is 6.81. The number of aliphatic imine (C=N–C) groups is 1. The van der Waals surface area contributed by atoms with Crippen molar-refractivity contribution in [3.8, 4) is 0 Å². The first-order valence-electron chi connectivity index (χ1n) is 8.80. The van der Waals surface area contributed by atoms with Crippen molar-refractivity contribution in [2.45, 2.75) is 31.6 Å². The number of anilines is 1. The van der Waals surface area contributed by atoms with Gasteiger partial charge in [0.1, 0.15) is 18.4 Å². The number of halogens is 4. The first-order chi connectivity index (χ1) is 13.6. The highest BCUT2D eigenvalue weighted by atomic mass is 19.4. The van der Waals surface area contributed by atoms with Gasteiger partial charge in [-0.15, -0.1) is 6.58 Å². The van der Waals surface area contributed by atoms with Crippen LogP contribution in [-0.2, 0) is 12.1 Å². The summed E-state index contributed by atoms with van der Waals surface area (Å²) in [6, 6.07) is 8.33. The second kappa shape index (κ2) is 8.59. The monoisotopic (exact) mass is 406 g/mol. The van der Waals surface area contributed by atoms with Gasteiger partial charge >= 0.3 is 6.18 Å². The number of carbonyl (C=O) groups excluding carboxylic acids is 1. The lowest BCUT2D eigenvalue weighted by Crippen LogP contribution is -2.42. The van der Waals surface area contributed by atoms with Gasteiger partial charge in [0.2, 0.25) is 0 Å². The van der Waals surface area contributed by atoms with E-state index in [-0.39, 0.29) is 22.5 Å². The van der Waals surface area contributed by atoms with Crippen molar-refractivity contribution in [3.63, 3.8) is 0 Å². The van der Waals surface area contributed by atoms with Crippen molar-refractivity contribution in [2.24, 2.45) is 4.99 Å². The molecule has 0 aliphatic carbocycles. The van der Waals surface area contributed by atoms with Crippen LogP contribution in [0.15, 0.2) is 54.0 Å². The van der Waals surface area contributed by atoms with Crippen LogP contribution in [0.5, 0.6) is 0 Å². The molecule has 0 saturated carbocycles. The predicted octanol–water partition coefficient (Wildman–Crippen LogP) is 5.35. The number of benzene rings is 2. The van der Waals surface area contributed by atoms with Crippen molar-refractivity contribution in [1.82, 2.24) is 0 Å². The molecule has 0 spiro atoms. The van der Waals surface area contributed by atoms with Crippen LogP contribution in [0.1, 0.15) is 39.0 Å². The molecule has 0 aromatic heterocycles. The van der Waals surface area contributed by atoms with Crippen LogP contribution in [0.25, 0.3) is 0 Å². The van der Waals surface area contributed by atoms with Crippen LogP contribution < -0.4 is 5.73 Å². The van der Waals surface area contributed by atoms with E-state index in [4.69, 9.17) is 5.73 Å². The lowest BCUT2D eigenvalue weighted by molar-refractivity contribution is -0.174. The van der Waals surface area contributed by atoms with E-state index in [1.165, 1.54) is 25.2 Å². The molecule has 0 radical (unpaired) electrons. The van der Waals surface area contributed by atoms with Crippen molar-refractivity contribution < 1.29 is 22.4 Å². The minimum absolute atomic E-state index is 0.0341. The maximum Gasteiger partial charge on any atom is 0.402 e. The highest BCUT2D eigenvalue weighted by molar-refractivity contribution is 6.02. The van der Waals surface area contributed by atoms with E-state index in [2.05, 4.69) is 11.6 Å². The molecule has 1 atom stereocenters. The summed E-state index contributed by atoms with van der Waals surface area (Å²) in [6.07, 6.45) is -3.80. The van der Waals surface area contributed by atoms with Gasteiger partial charge in [-0.05, 0) is 47.4 Å². The van der Waals surface area contributed by atoms with Crippen LogP contribution >= 0.6 is 0 Å². The molecular weight excluding hydrogens is 384 g/mol. The van der Waals surface area contributed by atoms with Gasteiger partial charge in [-0.25, -0.2) is 4.39 Å². The summed E-state index contributed by atoms with van der Waals surface area (Å²) in [5, 5.41) is 0. The number of nitrogen functional groups attached to an aromatic ring is 1. The summed E-state index contributed by atoms with van der Waals surface area (Å²) < 4.78 is 56.2. The van der Waals surface area contributed by atoms with Crippen molar-refractivity contribution in [3.05, 3.63) is 76.9 Å². The van der Waals surface area contributed by atoms with Gasteiger partial charge in [0, 0.05) is 30.4 Å². The molecule has 0 fully saturated rings. The third-order valence-electron chi connectivity index (χ3n) is 4.99. The van der Waals surface area contributed by atoms with Crippen LogP contribution in [0, 0.1) is 6.92 Å². The summed E-state index contributed by atoms with van der Waals surface area (Å²) in [4.78, 5) is 15.1. The third-order valence-corrected chi connectivity index (χ3v) is 4.99. The van der Waals surface area contributed by atoms with Crippen molar-refractivity contribution in [1.29, 1.82) is 0 Å². The molecule has 2 aromatic rings. The number of rotatable bonds is 7. The van der Waals surface area contributed by atoms with Gasteiger partial charge in [-0.2, -0.15) is 13.2 Å². The third kappa shape index (κ3) is 4.39. The molecule has 0 aliphatic rings. The molecule has 3 nitrogen and oxygen atoms in total. The smallest absolute Gasteiger partial charge is 0.399 e. The summed E-state index contributed by atoms with van der Waals surface area (Å²) in [6.45, 7) is 4.18. The van der Waals surface area contributed by atoms with E-state index < -0.39 is 24.7 Å². The van der Waals surface area contributed by atoms with Crippen molar-refractivity contribution in [2.75, 3.05) is 12.8 Å². The van der Waals surface area contributed by atoms with E-state index in [1.54, 1.807) is 19.1 Å². The zero-order valence-corrected chi connectivity index (χ0v) is 16.2. The average molecular weight is 406 g/mol. The highest BCUT2D eigenvalue weighted by Gasteiger charge is 2.54. The molecule has 0 heterocycles. The number of aldehydes is 1. The van der Waals surface area contributed by atoms with E-state index in [0.717, 1.165) is 12.1 Å². The Bertz CT molecular complexity index is 950. The molecule has 2 aromatic carbocycles. The number of hydrogen-bond acceptors (Lipinski definition) is 3. The largest absolute Gasteiger partial charge is 0.402 e. The Kier molecular flexibility index (Phi) is 6.62. The average Bonchev–Trinajstić information content (AvgIpc) is 2.67. The van der Waals surface area contributed by atoms with Crippen molar-refractivity contribution >= 4 is 17.7 Å². The second-order valence-corrected chi connectivity index (χ2v) is 6.81. The number of allylic oxidation sites excluding steroid dienone is 1. The summed E-state index contributed by atoms with van der Waals surface area (Å²) in [5.74, 6) is 0. The van der Waals surface area contributed by atoms with Crippen LogP contribution in [0.3, 0.4) is 0 Å². The standard InChI is InChI=1S/C22H22F4N2O/c1-4-21(22(24,25)26,18-8-15(12-23)9-19(27)10-18)11-20(28-3)16-5-6-17(13-29)14(2)7-16/h4-10,13H,1,11-12,27H2,2-3H3. The minimum atomic E-state index is -4.73. The van der Waals surface area contributed by atoms with E-state index in [9.17, 15) is 22.4 Å². The Balaban J connectivity index is 2.64. The molecule has 7 heteroatoms. The maximum atomic E-state index is 14.3. The number of nitrogens with zero attached hydrogens (tertiary/aromatic N) is 1. The quantitative estimate of drug-likeness (QED) is 0.221. The number of aryl methyl sites for hydroxylation is 1. The molecular formula is C22H22F4N2O. The molecule has 0 bridgehead atoms. The van der Waals surface area contributed by atoms with Gasteiger partial charge < -0.3 is 5.73 Å². The van der Waals surface area contributed by atoms with Gasteiger partial charge in [0.15, 0.2) is 0 Å². The Labute approximate surface area is 167 Å². The summed E-state index contributed by atoms with van der Waals surface area (Å²) in [7, 11) is 1.40. The first kappa shape index (κ1) is 22.3. The first-order valence-corrected chi connectivity index (χ1v) is 8.80. The molecule has 29 heavy (non-hydrogen) atoms. The minimum Gasteiger partial charge on any atom is -0.399 e. The normalized spacial score (nSPS) is 14.3. The molecule has 2 N–H and O–H groups in total. The van der Waals surface area contributed by atoms with Gasteiger partial charge in [-0.1, -0.05) is 24.3 Å². The maximum absolute atomic E-state index is 14.3. The fourth-order valence-corrected chi connectivity index (χ4v) is 3.29. The molecule has 0 amide bonds. The Hall–Kier alpha value is -2.96. The molecule has 2 rings (SSSR count). The van der Waals surface area contributed by atoms with Crippen LogP contribution in [0.4, 0.5) is 23.2 Å². The Morgan fingerprint density at radius 1 is 1.21 bits per heavy atom. The Morgan fingerprint density at radius 2 is 1.90 bits per heavy atom. The zero-order chi connectivity index (χ0) is 21.8. The van der Waals surface area contributed by atoms with E-state index in [1.807, 2.05) is 0 Å². The fourth-order valence-electron chi connectivity index (χ4n) is 3.29. The highest BCUT2D eigenvalue weighted by Crippen LogP contribution is 2.46. The van der Waals surface area contributed by atoms with Crippen LogP contribution in [0.2, 0.25) is 0 Å². The zero-order valence-electron chi connectivity index (χ0n) is 16.2. The van der Waals surface area contributed by atoms with Crippen LogP contribution in [-0.4, -0.2) is 25.2 Å². The SMILES string of the molecule is C=CC(CC(=NC)c1ccc(C=O)c(C)c1)(c1cc(N)cc(CF)c1)C(F)(F)F. The summed E-state index contributed by atoms with van der Waals surface area (Å²) >= 11 is 0. The number of alkyl halides is 4. The number of hydrogen-bond donors (Lipinski definition) is 1. The lowest BCUT2D eigenvalue weighted by atomic mass is 9.74. The van der Waals surface area contributed by atoms with Gasteiger partial charge in [-0.3, -0.25) is 9.79 Å². The lowest BCUT2D eigenvalue weighted by Gasteiger charge is -2.34. The Morgan fingerprint density at radius 3 is 2.38 bits per heavy atom. The van der Waals surface area contributed by atoms with E-state index >= 15 is 0 Å². The predicted molar refractivity (Wildman–Crippen MR) is 107 cm³/mol.